The summed E-state index contributed by atoms with van der Waals surface area (Å²) in [6.45, 7) is -0.169. The SMILES string of the molecule is COC(=O)C[C@H](NC(=O)CNC(=O)c1cc(NC2=NCC(F)CN2)c2cn[nH]c2c1)c1cc(Br)cc(Br)c1.O=C(O)C(F)(F)F. The number of guanidine groups is 1. The maximum Gasteiger partial charge on any atom is 0.490 e. The number of amides is 2. The molecule has 242 valence electrons. The van der Waals surface area contributed by atoms with Gasteiger partial charge in [-0.3, -0.25) is 19.5 Å². The highest BCUT2D eigenvalue weighted by Gasteiger charge is 2.38. The molecule has 0 saturated heterocycles. The Kier molecular flexibility index (Phi) is 12.2. The van der Waals surface area contributed by atoms with E-state index in [4.69, 9.17) is 14.6 Å². The Morgan fingerprint density at radius 3 is 2.38 bits per heavy atom. The first kappa shape index (κ1) is 35.2. The molecule has 2 heterocycles. The average molecular weight is 767 g/mol. The third-order valence-corrected chi connectivity index (χ3v) is 6.80. The van der Waals surface area contributed by atoms with E-state index in [0.717, 1.165) is 8.95 Å². The zero-order chi connectivity index (χ0) is 33.3. The summed E-state index contributed by atoms with van der Waals surface area (Å²) in [6, 6.07) is 7.92. The minimum Gasteiger partial charge on any atom is -0.475 e. The summed E-state index contributed by atoms with van der Waals surface area (Å²) in [5.41, 5.74) is 2.06. The van der Waals surface area contributed by atoms with Crippen molar-refractivity contribution in [1.82, 2.24) is 26.1 Å². The fraction of sp³-hybridized carbons (Fsp3) is 0.308. The Labute approximate surface area is 268 Å². The van der Waals surface area contributed by atoms with Crippen molar-refractivity contribution in [1.29, 1.82) is 0 Å². The van der Waals surface area contributed by atoms with Gasteiger partial charge in [0.15, 0.2) is 5.96 Å². The number of benzene rings is 2. The Bertz CT molecular complexity index is 1580. The largest absolute Gasteiger partial charge is 0.490 e. The lowest BCUT2D eigenvalue weighted by atomic mass is 10.0. The fourth-order valence-corrected chi connectivity index (χ4v) is 5.13. The summed E-state index contributed by atoms with van der Waals surface area (Å²) in [4.78, 5) is 50.7. The van der Waals surface area contributed by atoms with Gasteiger partial charge in [-0.05, 0) is 35.9 Å². The van der Waals surface area contributed by atoms with E-state index >= 15 is 0 Å². The molecule has 1 aromatic heterocycles. The molecule has 2 atom stereocenters. The number of halogens is 6. The monoisotopic (exact) mass is 765 g/mol. The predicted octanol–water partition coefficient (Wildman–Crippen LogP) is 3.58. The molecular weight excluding hydrogens is 742 g/mol. The number of rotatable bonds is 8. The van der Waals surface area contributed by atoms with Gasteiger partial charge in [-0.1, -0.05) is 31.9 Å². The molecule has 2 aromatic carbocycles. The first-order valence-corrected chi connectivity index (χ1v) is 14.3. The molecule has 0 spiro atoms. The van der Waals surface area contributed by atoms with E-state index in [1.54, 1.807) is 30.5 Å². The minimum atomic E-state index is -5.08. The molecule has 6 N–H and O–H groups in total. The number of carboxylic acid groups (broad SMARTS) is 1. The second-order valence-electron chi connectivity index (χ2n) is 9.24. The Balaban J connectivity index is 0.000000707. The number of carbonyl (C=O) groups is 4. The molecule has 0 radical (unpaired) electrons. The van der Waals surface area contributed by atoms with Gasteiger partial charge in [0.25, 0.3) is 5.91 Å². The highest BCUT2D eigenvalue weighted by Crippen LogP contribution is 2.27. The zero-order valence-corrected chi connectivity index (χ0v) is 26.3. The maximum absolute atomic E-state index is 13.4. The van der Waals surface area contributed by atoms with E-state index in [2.05, 4.69) is 68.3 Å². The lowest BCUT2D eigenvalue weighted by Gasteiger charge is -2.20. The lowest BCUT2D eigenvalue weighted by molar-refractivity contribution is -0.192. The highest BCUT2D eigenvalue weighted by atomic mass is 79.9. The Morgan fingerprint density at radius 2 is 1.80 bits per heavy atom. The van der Waals surface area contributed by atoms with Gasteiger partial charge in [-0.25, -0.2) is 14.2 Å². The van der Waals surface area contributed by atoms with Crippen molar-refractivity contribution in [2.75, 3.05) is 32.1 Å². The van der Waals surface area contributed by atoms with Crippen LogP contribution < -0.4 is 21.3 Å². The molecular formula is C26H25Br2F4N7O6. The standard InChI is InChI=1S/C24H24Br2FN7O4.C2HF3O2/c1-38-22(36)7-18(12-2-14(25)6-15(26)3-12)32-21(35)11-28-23(37)13-4-19(17-10-31-34-20(17)5-13)33-24-29-8-16(27)9-30-24;3-2(4,5)1(6)7/h2-6,10,16,18H,7-9,11H2,1H3,(H,28,37)(H,31,34)(H,32,35)(H2,29,30,33);(H,6,7)/t18-;/m0./s1. The number of aliphatic imine (C=N–C) groups is 1. The van der Waals surface area contributed by atoms with Crippen LogP contribution in [-0.4, -0.2) is 84.1 Å². The van der Waals surface area contributed by atoms with Crippen molar-refractivity contribution in [3.8, 4) is 0 Å². The second-order valence-corrected chi connectivity index (χ2v) is 11.1. The number of fused-ring (bicyclic) bond motifs is 1. The molecule has 2 amide bonds. The van der Waals surface area contributed by atoms with Gasteiger partial charge >= 0.3 is 18.1 Å². The normalized spacial score (nSPS) is 15.0. The van der Waals surface area contributed by atoms with Gasteiger partial charge in [0.2, 0.25) is 5.91 Å². The van der Waals surface area contributed by atoms with Gasteiger partial charge in [0.05, 0.1) is 56.6 Å². The van der Waals surface area contributed by atoms with Crippen LogP contribution in [0.2, 0.25) is 0 Å². The third kappa shape index (κ3) is 10.7. The number of aromatic nitrogens is 2. The molecule has 0 aliphatic carbocycles. The lowest BCUT2D eigenvalue weighted by Crippen LogP contribution is -2.41. The number of carboxylic acids is 1. The van der Waals surface area contributed by atoms with Crippen molar-refractivity contribution >= 4 is 78.2 Å². The van der Waals surface area contributed by atoms with Gasteiger partial charge in [0, 0.05) is 19.9 Å². The number of anilines is 1. The van der Waals surface area contributed by atoms with Gasteiger partial charge < -0.3 is 31.1 Å². The number of hydrogen-bond acceptors (Lipinski definition) is 9. The number of hydrogen-bond donors (Lipinski definition) is 6. The van der Waals surface area contributed by atoms with E-state index in [0.29, 0.717) is 28.1 Å². The number of esters is 1. The van der Waals surface area contributed by atoms with E-state index < -0.39 is 42.1 Å². The maximum atomic E-state index is 13.4. The number of nitrogens with one attached hydrogen (secondary N) is 5. The van der Waals surface area contributed by atoms with Crippen LogP contribution in [0.5, 0.6) is 0 Å². The van der Waals surface area contributed by atoms with E-state index in [-0.39, 0.29) is 31.6 Å². The first-order valence-electron chi connectivity index (χ1n) is 12.7. The topological polar surface area (TPSA) is 187 Å². The minimum absolute atomic E-state index is 0.0347. The molecule has 19 heteroatoms. The fourth-order valence-electron chi connectivity index (χ4n) is 3.80. The molecule has 1 unspecified atom stereocenters. The summed E-state index contributed by atoms with van der Waals surface area (Å²) in [7, 11) is 1.27. The summed E-state index contributed by atoms with van der Waals surface area (Å²) in [6.07, 6.45) is -4.64. The zero-order valence-electron chi connectivity index (χ0n) is 23.1. The van der Waals surface area contributed by atoms with Crippen LogP contribution in [0.3, 0.4) is 0 Å². The van der Waals surface area contributed by atoms with Crippen molar-refractivity contribution in [2.45, 2.75) is 24.8 Å². The van der Waals surface area contributed by atoms with Crippen LogP contribution in [0.1, 0.15) is 28.4 Å². The molecule has 45 heavy (non-hydrogen) atoms. The first-order chi connectivity index (χ1) is 21.2. The molecule has 0 saturated carbocycles. The van der Waals surface area contributed by atoms with Crippen LogP contribution in [-0.2, 0) is 19.1 Å². The van der Waals surface area contributed by atoms with Crippen LogP contribution in [0, 0.1) is 0 Å². The van der Waals surface area contributed by atoms with Crippen LogP contribution in [0.4, 0.5) is 23.2 Å². The number of nitrogens with zero attached hydrogens (tertiary/aromatic N) is 2. The van der Waals surface area contributed by atoms with E-state index in [1.165, 1.54) is 7.11 Å². The van der Waals surface area contributed by atoms with Crippen molar-refractivity contribution in [2.24, 2.45) is 4.99 Å². The van der Waals surface area contributed by atoms with Gasteiger partial charge in [-0.2, -0.15) is 18.3 Å². The number of aromatic amines is 1. The number of H-pyrrole nitrogens is 1. The molecule has 13 nitrogen and oxygen atoms in total. The third-order valence-electron chi connectivity index (χ3n) is 5.89. The molecule has 4 rings (SSSR count). The Morgan fingerprint density at radius 1 is 1.13 bits per heavy atom. The van der Waals surface area contributed by atoms with E-state index in [1.807, 2.05) is 6.07 Å². The second kappa shape index (κ2) is 15.6. The number of carbonyl (C=O) groups excluding carboxylic acids is 3. The quantitative estimate of drug-likeness (QED) is 0.147. The summed E-state index contributed by atoms with van der Waals surface area (Å²) in [5, 5.41) is 26.0. The number of ether oxygens (including phenoxy) is 1. The number of aliphatic carboxylic acids is 1. The van der Waals surface area contributed by atoms with Gasteiger partial charge in [0.1, 0.15) is 6.17 Å². The van der Waals surface area contributed by atoms with E-state index in [9.17, 15) is 31.9 Å². The van der Waals surface area contributed by atoms with Crippen molar-refractivity contribution in [3.63, 3.8) is 0 Å². The highest BCUT2D eigenvalue weighted by molar-refractivity contribution is 9.11. The van der Waals surface area contributed by atoms with Crippen molar-refractivity contribution in [3.05, 3.63) is 56.6 Å². The molecule has 1 aliphatic heterocycles. The summed E-state index contributed by atoms with van der Waals surface area (Å²) in [5.74, 6) is -3.87. The number of alkyl halides is 4. The van der Waals surface area contributed by atoms with Crippen LogP contribution in [0.15, 0.2) is 50.5 Å². The van der Waals surface area contributed by atoms with Crippen LogP contribution >= 0.6 is 31.9 Å². The van der Waals surface area contributed by atoms with Crippen molar-refractivity contribution < 1.29 is 46.6 Å². The molecule has 0 fully saturated rings. The van der Waals surface area contributed by atoms with Crippen LogP contribution in [0.25, 0.3) is 10.9 Å². The Hall–Kier alpha value is -4.26. The number of methoxy groups -OCH3 is 1. The van der Waals surface area contributed by atoms with Gasteiger partial charge in [-0.15, -0.1) is 0 Å². The molecule has 0 bridgehead atoms. The smallest absolute Gasteiger partial charge is 0.475 e. The molecule has 1 aliphatic rings. The summed E-state index contributed by atoms with van der Waals surface area (Å²) < 4.78 is 51.4. The average Bonchev–Trinajstić information content (AvgIpc) is 3.45. The molecule has 3 aromatic rings. The summed E-state index contributed by atoms with van der Waals surface area (Å²) >= 11 is 6.81. The predicted molar refractivity (Wildman–Crippen MR) is 160 cm³/mol.